The van der Waals surface area contributed by atoms with E-state index >= 15 is 0 Å². The lowest BCUT2D eigenvalue weighted by molar-refractivity contribution is -0.355. The van der Waals surface area contributed by atoms with Crippen molar-refractivity contribution in [1.82, 2.24) is 0 Å². The minimum Gasteiger partial charge on any atom is -0.454 e. The average Bonchev–Trinajstić information content (AvgIpc) is 2.82. The number of carbonyl (C=O) groups is 1. The number of rotatable bonds is 13. The highest BCUT2D eigenvalue weighted by molar-refractivity contribution is 5.69. The summed E-state index contributed by atoms with van der Waals surface area (Å²) in [5.74, 6) is -0.654. The van der Waals surface area contributed by atoms with Crippen LogP contribution in [0.4, 0.5) is 0 Å². The van der Waals surface area contributed by atoms with Gasteiger partial charge in [-0.05, 0) is 6.42 Å². The highest BCUT2D eigenvalue weighted by Crippen LogP contribution is 2.30. The molecule has 2 aliphatic heterocycles. The van der Waals surface area contributed by atoms with E-state index in [-0.39, 0.29) is 6.42 Å². The summed E-state index contributed by atoms with van der Waals surface area (Å²) in [5.41, 5.74) is 0. The maximum absolute atomic E-state index is 12.4. The molecule has 0 aliphatic carbocycles. The van der Waals surface area contributed by atoms with Crippen molar-refractivity contribution in [2.45, 2.75) is 120 Å². The highest BCUT2D eigenvalue weighted by atomic mass is 16.7. The Bertz CT molecular complexity index is 590. The lowest BCUT2D eigenvalue weighted by atomic mass is 9.97. The summed E-state index contributed by atoms with van der Waals surface area (Å²) in [5, 5.41) is 69.7. The van der Waals surface area contributed by atoms with Crippen LogP contribution < -0.4 is 0 Å². The fraction of sp³-hybridized carbons (Fsp3) is 0.955. The molecule has 34 heavy (non-hydrogen) atoms. The molecule has 2 rings (SSSR count). The minimum atomic E-state index is -1.77. The number of aliphatic hydroxyl groups is 7. The van der Waals surface area contributed by atoms with E-state index in [1.165, 1.54) is 6.42 Å². The number of hydrogen-bond acceptors (Lipinski definition) is 12. The second kappa shape index (κ2) is 14.6. The van der Waals surface area contributed by atoms with Crippen LogP contribution in [0.3, 0.4) is 0 Å². The van der Waals surface area contributed by atoms with Crippen molar-refractivity contribution in [2.24, 2.45) is 0 Å². The first-order valence-electron chi connectivity index (χ1n) is 12.0. The molecule has 0 aromatic carbocycles. The van der Waals surface area contributed by atoms with Crippen molar-refractivity contribution >= 4 is 5.97 Å². The van der Waals surface area contributed by atoms with E-state index in [0.717, 1.165) is 32.1 Å². The van der Waals surface area contributed by atoms with Gasteiger partial charge in [0.2, 0.25) is 0 Å². The monoisotopic (exact) mass is 496 g/mol. The molecule has 12 heteroatoms. The molecule has 0 aromatic rings. The largest absolute Gasteiger partial charge is 0.454 e. The zero-order valence-electron chi connectivity index (χ0n) is 19.5. The molecule has 200 valence electrons. The van der Waals surface area contributed by atoms with Crippen LogP contribution >= 0.6 is 0 Å². The lowest BCUT2D eigenvalue weighted by Gasteiger charge is -2.46. The molecule has 7 N–H and O–H groups in total. The third kappa shape index (κ3) is 7.79. The SMILES string of the molecule is CCCCCCCCCC(=O)O[C@H]1[C@H](O[C@H]2[C@H](O)[C@@H](O)[C@H](O)O[C@@H]2CO)O[C@H](CO)[C@H](O)[C@@H]1O. The summed E-state index contributed by atoms with van der Waals surface area (Å²) in [6, 6.07) is 0. The molecule has 2 aliphatic rings. The van der Waals surface area contributed by atoms with E-state index in [9.17, 15) is 40.5 Å². The predicted octanol–water partition coefficient (Wildman–Crippen LogP) is -1.71. The van der Waals surface area contributed by atoms with Gasteiger partial charge >= 0.3 is 5.97 Å². The Balaban J connectivity index is 2.01. The number of ether oxygens (including phenoxy) is 4. The number of esters is 1. The minimum absolute atomic E-state index is 0.0720. The number of carbonyl (C=O) groups excluding carboxylic acids is 1. The van der Waals surface area contributed by atoms with Crippen LogP contribution in [0.15, 0.2) is 0 Å². The Morgan fingerprint density at radius 1 is 0.735 bits per heavy atom. The van der Waals surface area contributed by atoms with Gasteiger partial charge in [0.25, 0.3) is 0 Å². The average molecular weight is 497 g/mol. The van der Waals surface area contributed by atoms with Crippen molar-refractivity contribution < 1.29 is 59.5 Å². The Morgan fingerprint density at radius 2 is 1.32 bits per heavy atom. The van der Waals surface area contributed by atoms with Gasteiger partial charge < -0.3 is 54.7 Å². The normalized spacial score (nSPS) is 38.6. The summed E-state index contributed by atoms with van der Waals surface area (Å²) in [6.07, 6.45) is -8.61. The first-order chi connectivity index (χ1) is 16.2. The maximum Gasteiger partial charge on any atom is 0.306 e. The van der Waals surface area contributed by atoms with Crippen LogP contribution in [0.5, 0.6) is 0 Å². The van der Waals surface area contributed by atoms with Crippen LogP contribution in [0, 0.1) is 0 Å². The fourth-order valence-corrected chi connectivity index (χ4v) is 4.12. The summed E-state index contributed by atoms with van der Waals surface area (Å²) >= 11 is 0. The molecule has 0 bridgehead atoms. The summed E-state index contributed by atoms with van der Waals surface area (Å²) in [6.45, 7) is 0.744. The standard InChI is InChI=1S/C22H40O12/c1-2-3-4-5-6-7-8-9-14(25)33-20-16(27)15(26)12(10-23)32-22(20)34-19-13(11-24)31-21(30)18(29)17(19)28/h12-13,15-24,26-30H,2-11H2,1H3/t12-,13-,15+,16+,17-,18-,19-,20-,21-,22+/m1/s1. The van der Waals surface area contributed by atoms with Crippen molar-refractivity contribution in [3.05, 3.63) is 0 Å². The number of aliphatic hydroxyl groups excluding tert-OH is 7. The van der Waals surface area contributed by atoms with Crippen molar-refractivity contribution in [1.29, 1.82) is 0 Å². The molecule has 0 saturated carbocycles. The fourth-order valence-electron chi connectivity index (χ4n) is 4.12. The predicted molar refractivity (Wildman–Crippen MR) is 115 cm³/mol. The Morgan fingerprint density at radius 3 is 1.94 bits per heavy atom. The topological polar surface area (TPSA) is 196 Å². The smallest absolute Gasteiger partial charge is 0.306 e. The van der Waals surface area contributed by atoms with Gasteiger partial charge in [-0.3, -0.25) is 4.79 Å². The van der Waals surface area contributed by atoms with Gasteiger partial charge in [0.05, 0.1) is 13.2 Å². The summed E-state index contributed by atoms with van der Waals surface area (Å²) in [4.78, 5) is 12.4. The first-order valence-corrected chi connectivity index (χ1v) is 12.0. The van der Waals surface area contributed by atoms with E-state index < -0.39 is 80.6 Å². The van der Waals surface area contributed by atoms with E-state index in [0.29, 0.717) is 6.42 Å². The van der Waals surface area contributed by atoms with Gasteiger partial charge in [0.1, 0.15) is 42.7 Å². The van der Waals surface area contributed by atoms with Gasteiger partial charge in [-0.1, -0.05) is 45.4 Å². The molecule has 2 saturated heterocycles. The van der Waals surface area contributed by atoms with Gasteiger partial charge in [-0.2, -0.15) is 0 Å². The molecular formula is C22H40O12. The third-order valence-corrected chi connectivity index (χ3v) is 6.21. The van der Waals surface area contributed by atoms with Crippen molar-refractivity contribution in [3.63, 3.8) is 0 Å². The van der Waals surface area contributed by atoms with E-state index in [1.54, 1.807) is 0 Å². The van der Waals surface area contributed by atoms with Crippen LogP contribution in [-0.2, 0) is 23.7 Å². The van der Waals surface area contributed by atoms with Crippen LogP contribution in [0.2, 0.25) is 0 Å². The lowest BCUT2D eigenvalue weighted by Crippen LogP contribution is -2.65. The van der Waals surface area contributed by atoms with Gasteiger partial charge in [0.15, 0.2) is 18.7 Å². The van der Waals surface area contributed by atoms with E-state index in [1.807, 2.05) is 0 Å². The number of hydrogen-bond donors (Lipinski definition) is 7. The zero-order valence-corrected chi connectivity index (χ0v) is 19.5. The molecule has 0 unspecified atom stereocenters. The van der Waals surface area contributed by atoms with Gasteiger partial charge in [-0.15, -0.1) is 0 Å². The molecule has 0 radical (unpaired) electrons. The molecular weight excluding hydrogens is 456 g/mol. The summed E-state index contributed by atoms with van der Waals surface area (Å²) < 4.78 is 21.5. The highest BCUT2D eigenvalue weighted by Gasteiger charge is 2.51. The molecule has 2 heterocycles. The second-order valence-corrected chi connectivity index (χ2v) is 8.86. The third-order valence-electron chi connectivity index (χ3n) is 6.21. The molecule has 0 amide bonds. The number of unbranched alkanes of at least 4 members (excludes halogenated alkanes) is 6. The summed E-state index contributed by atoms with van der Waals surface area (Å²) in [7, 11) is 0. The molecule has 0 aromatic heterocycles. The Hall–Kier alpha value is -0.930. The Labute approximate surface area is 199 Å². The molecule has 2 fully saturated rings. The second-order valence-electron chi connectivity index (χ2n) is 8.86. The van der Waals surface area contributed by atoms with E-state index in [4.69, 9.17) is 18.9 Å². The Kier molecular flexibility index (Phi) is 12.6. The molecule has 10 atom stereocenters. The van der Waals surface area contributed by atoms with Gasteiger partial charge in [-0.25, -0.2) is 0 Å². The van der Waals surface area contributed by atoms with Crippen LogP contribution in [0.25, 0.3) is 0 Å². The van der Waals surface area contributed by atoms with Crippen LogP contribution in [-0.4, -0.2) is 116 Å². The first kappa shape index (κ1) is 29.3. The van der Waals surface area contributed by atoms with Crippen LogP contribution in [0.1, 0.15) is 58.3 Å². The van der Waals surface area contributed by atoms with Crippen molar-refractivity contribution in [2.75, 3.05) is 13.2 Å². The molecule has 0 spiro atoms. The quantitative estimate of drug-likeness (QED) is 0.113. The van der Waals surface area contributed by atoms with E-state index in [2.05, 4.69) is 6.92 Å². The maximum atomic E-state index is 12.4. The zero-order chi connectivity index (χ0) is 25.3. The van der Waals surface area contributed by atoms with Gasteiger partial charge in [0, 0.05) is 6.42 Å². The molecule has 12 nitrogen and oxygen atoms in total. The van der Waals surface area contributed by atoms with Crippen molar-refractivity contribution in [3.8, 4) is 0 Å².